The van der Waals surface area contributed by atoms with Crippen molar-refractivity contribution in [3.63, 3.8) is 0 Å². The molecular weight excluding hydrogens is 311 g/mol. The zero-order chi connectivity index (χ0) is 12.8. The van der Waals surface area contributed by atoms with Crippen molar-refractivity contribution in [2.45, 2.75) is 9.79 Å². The highest BCUT2D eigenvalue weighted by molar-refractivity contribution is 9.09. The first-order valence-corrected chi connectivity index (χ1v) is 7.48. The maximum atomic E-state index is 12.8. The van der Waals surface area contributed by atoms with Crippen LogP contribution in [0.3, 0.4) is 0 Å². The number of hydrogen-bond donors (Lipinski definition) is 0. The lowest BCUT2D eigenvalue weighted by molar-refractivity contribution is 0.626. The van der Waals surface area contributed by atoms with Crippen molar-refractivity contribution < 1.29 is 4.39 Å². The van der Waals surface area contributed by atoms with E-state index in [9.17, 15) is 4.39 Å². The highest BCUT2D eigenvalue weighted by Gasteiger charge is 2.01. The van der Waals surface area contributed by atoms with Gasteiger partial charge in [0.25, 0.3) is 0 Å². The molecule has 0 nitrogen and oxygen atoms in total. The summed E-state index contributed by atoms with van der Waals surface area (Å²) in [6.07, 6.45) is 4.14. The molecule has 0 aliphatic heterocycles. The van der Waals surface area contributed by atoms with Crippen LogP contribution in [0.2, 0.25) is 0 Å². The molecule has 0 saturated carbocycles. The van der Waals surface area contributed by atoms with Crippen molar-refractivity contribution in [3.8, 4) is 0 Å². The van der Waals surface area contributed by atoms with Gasteiger partial charge in [-0.1, -0.05) is 58.0 Å². The van der Waals surface area contributed by atoms with Gasteiger partial charge in [-0.25, -0.2) is 4.39 Å². The quantitative estimate of drug-likeness (QED) is 0.680. The molecular formula is C15H12BrFS. The molecule has 0 aromatic heterocycles. The average molecular weight is 323 g/mol. The van der Waals surface area contributed by atoms with Crippen LogP contribution < -0.4 is 0 Å². The number of hydrogen-bond acceptors (Lipinski definition) is 1. The van der Waals surface area contributed by atoms with Crippen molar-refractivity contribution in [2.75, 3.05) is 5.33 Å². The van der Waals surface area contributed by atoms with E-state index in [1.807, 2.05) is 12.1 Å². The Morgan fingerprint density at radius 1 is 1.06 bits per heavy atom. The summed E-state index contributed by atoms with van der Waals surface area (Å²) in [7, 11) is 0. The Hall–Kier alpha value is -1.06. The molecule has 18 heavy (non-hydrogen) atoms. The van der Waals surface area contributed by atoms with Crippen LogP contribution in [0.25, 0.3) is 6.08 Å². The molecule has 2 aromatic carbocycles. The number of rotatable bonds is 4. The summed E-state index contributed by atoms with van der Waals surface area (Å²) in [5.41, 5.74) is 1.17. The van der Waals surface area contributed by atoms with Crippen molar-refractivity contribution in [1.29, 1.82) is 0 Å². The van der Waals surface area contributed by atoms with Crippen LogP contribution in [0, 0.1) is 5.82 Å². The number of allylic oxidation sites excluding steroid dienone is 1. The predicted octanol–water partition coefficient (Wildman–Crippen LogP) is 5.39. The van der Waals surface area contributed by atoms with Gasteiger partial charge in [0.05, 0.1) is 0 Å². The zero-order valence-corrected chi connectivity index (χ0v) is 12.0. The van der Waals surface area contributed by atoms with E-state index in [0.717, 1.165) is 10.2 Å². The van der Waals surface area contributed by atoms with Crippen LogP contribution in [0.1, 0.15) is 5.56 Å². The third-order valence-electron chi connectivity index (χ3n) is 2.35. The van der Waals surface area contributed by atoms with E-state index in [1.54, 1.807) is 23.9 Å². The minimum Gasteiger partial charge on any atom is -0.207 e. The Morgan fingerprint density at radius 2 is 1.78 bits per heavy atom. The van der Waals surface area contributed by atoms with Gasteiger partial charge in [0.15, 0.2) is 0 Å². The molecule has 0 atom stereocenters. The van der Waals surface area contributed by atoms with E-state index in [0.29, 0.717) is 0 Å². The summed E-state index contributed by atoms with van der Waals surface area (Å²) in [5, 5.41) is 0.836. The average Bonchev–Trinajstić information content (AvgIpc) is 2.40. The van der Waals surface area contributed by atoms with Gasteiger partial charge < -0.3 is 0 Å². The van der Waals surface area contributed by atoms with Crippen LogP contribution in [0.4, 0.5) is 4.39 Å². The van der Waals surface area contributed by atoms with Gasteiger partial charge >= 0.3 is 0 Å². The molecule has 0 heterocycles. The lowest BCUT2D eigenvalue weighted by Gasteiger charge is -2.05. The highest BCUT2D eigenvalue weighted by Crippen LogP contribution is 2.31. The summed E-state index contributed by atoms with van der Waals surface area (Å²) in [5.74, 6) is -0.202. The monoisotopic (exact) mass is 322 g/mol. The van der Waals surface area contributed by atoms with E-state index < -0.39 is 0 Å². The molecule has 2 aromatic rings. The van der Waals surface area contributed by atoms with Gasteiger partial charge in [-0.2, -0.15) is 0 Å². The first kappa shape index (κ1) is 13.4. The molecule has 0 radical (unpaired) electrons. The molecule has 3 heteroatoms. The van der Waals surface area contributed by atoms with Gasteiger partial charge in [0.1, 0.15) is 5.82 Å². The summed E-state index contributed by atoms with van der Waals surface area (Å²) in [4.78, 5) is 2.21. The molecule has 0 bridgehead atoms. The fraction of sp³-hybridized carbons (Fsp3) is 0.0667. The first-order valence-electron chi connectivity index (χ1n) is 5.54. The number of halogens is 2. The molecule has 0 unspecified atom stereocenters. The fourth-order valence-corrected chi connectivity index (χ4v) is 2.63. The lowest BCUT2D eigenvalue weighted by atomic mass is 10.2. The van der Waals surface area contributed by atoms with Crippen LogP contribution >= 0.6 is 27.7 Å². The largest absolute Gasteiger partial charge is 0.207 e. The summed E-state index contributed by atoms with van der Waals surface area (Å²) >= 11 is 5.01. The maximum Gasteiger partial charge on any atom is 0.123 e. The molecule has 2 rings (SSSR count). The fourth-order valence-electron chi connectivity index (χ4n) is 1.51. The smallest absolute Gasteiger partial charge is 0.123 e. The number of alkyl halides is 1. The third kappa shape index (κ3) is 3.72. The topological polar surface area (TPSA) is 0 Å². The summed E-state index contributed by atoms with van der Waals surface area (Å²) < 4.78 is 12.8. The Morgan fingerprint density at radius 3 is 2.50 bits per heavy atom. The van der Waals surface area contributed by atoms with E-state index in [2.05, 4.69) is 40.2 Å². The van der Waals surface area contributed by atoms with Gasteiger partial charge in [0.2, 0.25) is 0 Å². The molecule has 0 aliphatic carbocycles. The predicted molar refractivity (Wildman–Crippen MR) is 79.8 cm³/mol. The standard InChI is InChI=1S/C15H12BrFS/c16-11-3-5-12-4-1-2-6-15(12)18-14-9-7-13(17)8-10-14/h1-10H,11H2. The van der Waals surface area contributed by atoms with Crippen molar-refractivity contribution in [3.05, 3.63) is 66.0 Å². The molecule has 0 spiro atoms. The Balaban J connectivity index is 2.23. The zero-order valence-electron chi connectivity index (χ0n) is 9.64. The van der Waals surface area contributed by atoms with Crippen LogP contribution in [-0.2, 0) is 0 Å². The van der Waals surface area contributed by atoms with E-state index in [1.165, 1.54) is 22.6 Å². The second-order valence-corrected chi connectivity index (χ2v) is 5.41. The first-order chi connectivity index (χ1) is 8.79. The summed E-state index contributed by atoms with van der Waals surface area (Å²) in [6, 6.07) is 14.7. The van der Waals surface area contributed by atoms with E-state index in [-0.39, 0.29) is 5.82 Å². The van der Waals surface area contributed by atoms with Crippen LogP contribution in [-0.4, -0.2) is 5.33 Å². The van der Waals surface area contributed by atoms with Crippen molar-refractivity contribution >= 4 is 33.8 Å². The minimum absolute atomic E-state index is 0.202. The molecule has 0 saturated heterocycles. The normalized spacial score (nSPS) is 11.0. The number of benzene rings is 2. The van der Waals surface area contributed by atoms with Crippen molar-refractivity contribution in [1.82, 2.24) is 0 Å². The highest BCUT2D eigenvalue weighted by atomic mass is 79.9. The second kappa shape index (κ2) is 6.76. The van der Waals surface area contributed by atoms with Gasteiger partial charge in [-0.05, 0) is 35.9 Å². The minimum atomic E-state index is -0.202. The lowest BCUT2D eigenvalue weighted by Crippen LogP contribution is -1.80. The summed E-state index contributed by atoms with van der Waals surface area (Å²) in [6.45, 7) is 0. The molecule has 0 N–H and O–H groups in total. The van der Waals surface area contributed by atoms with E-state index in [4.69, 9.17) is 0 Å². The Labute approximate surface area is 119 Å². The van der Waals surface area contributed by atoms with Crippen LogP contribution in [0.15, 0.2) is 64.4 Å². The second-order valence-electron chi connectivity index (χ2n) is 3.65. The molecule has 0 aliphatic rings. The van der Waals surface area contributed by atoms with Gasteiger partial charge in [-0.15, -0.1) is 0 Å². The van der Waals surface area contributed by atoms with Gasteiger partial charge in [0, 0.05) is 15.1 Å². The Bertz CT molecular complexity index is 534. The van der Waals surface area contributed by atoms with Gasteiger partial charge in [-0.3, -0.25) is 0 Å². The molecule has 0 fully saturated rings. The molecule has 0 amide bonds. The van der Waals surface area contributed by atoms with Crippen molar-refractivity contribution in [2.24, 2.45) is 0 Å². The maximum absolute atomic E-state index is 12.8. The molecule has 92 valence electrons. The van der Waals surface area contributed by atoms with Crippen LogP contribution in [0.5, 0.6) is 0 Å². The third-order valence-corrected chi connectivity index (χ3v) is 3.82. The SMILES string of the molecule is Fc1ccc(Sc2ccccc2C=CCBr)cc1. The Kier molecular flexibility index (Phi) is 5.02. The van der Waals surface area contributed by atoms with E-state index >= 15 is 0 Å².